The van der Waals surface area contributed by atoms with Crippen molar-refractivity contribution in [2.24, 2.45) is 0 Å². The number of halogens is 3. The van der Waals surface area contributed by atoms with E-state index in [-0.39, 0.29) is 23.4 Å². The summed E-state index contributed by atoms with van der Waals surface area (Å²) < 4.78 is 13.1. The molecule has 0 spiro atoms. The predicted octanol–water partition coefficient (Wildman–Crippen LogP) is 4.92. The van der Waals surface area contributed by atoms with E-state index in [2.05, 4.69) is 16.0 Å². The first-order chi connectivity index (χ1) is 12.4. The molecule has 0 radical (unpaired) electrons. The van der Waals surface area contributed by atoms with Gasteiger partial charge in [0, 0.05) is 17.8 Å². The molecule has 0 fully saturated rings. The lowest BCUT2D eigenvalue weighted by Crippen LogP contribution is -2.22. The SMILES string of the molecule is CCCC(=O)Nc1ccc(Cl)c(NCC(=O)Nc2ccc(F)c(Cl)c2)c1. The van der Waals surface area contributed by atoms with Crippen LogP contribution in [-0.4, -0.2) is 18.4 Å². The van der Waals surface area contributed by atoms with Gasteiger partial charge >= 0.3 is 0 Å². The molecule has 138 valence electrons. The molecule has 2 aromatic carbocycles. The van der Waals surface area contributed by atoms with Gasteiger partial charge in [-0.15, -0.1) is 0 Å². The number of hydrogen-bond acceptors (Lipinski definition) is 3. The lowest BCUT2D eigenvalue weighted by atomic mass is 10.2. The van der Waals surface area contributed by atoms with Crippen molar-refractivity contribution < 1.29 is 14.0 Å². The molecule has 0 aliphatic carbocycles. The van der Waals surface area contributed by atoms with Crippen LogP contribution in [0.3, 0.4) is 0 Å². The molecule has 2 rings (SSSR count). The van der Waals surface area contributed by atoms with Crippen molar-refractivity contribution in [3.63, 3.8) is 0 Å². The molecule has 0 atom stereocenters. The van der Waals surface area contributed by atoms with E-state index in [1.165, 1.54) is 18.2 Å². The van der Waals surface area contributed by atoms with Gasteiger partial charge < -0.3 is 16.0 Å². The average Bonchev–Trinajstić information content (AvgIpc) is 2.59. The van der Waals surface area contributed by atoms with E-state index >= 15 is 0 Å². The fraction of sp³-hybridized carbons (Fsp3) is 0.222. The minimum absolute atomic E-state index is 0.0684. The van der Waals surface area contributed by atoms with Gasteiger partial charge in [-0.3, -0.25) is 9.59 Å². The van der Waals surface area contributed by atoms with Crippen molar-refractivity contribution >= 4 is 52.1 Å². The molecule has 2 aromatic rings. The van der Waals surface area contributed by atoms with Crippen LogP contribution in [0.2, 0.25) is 10.0 Å². The third-order valence-electron chi connectivity index (χ3n) is 3.37. The highest BCUT2D eigenvalue weighted by Gasteiger charge is 2.08. The molecule has 3 N–H and O–H groups in total. The fourth-order valence-corrected chi connectivity index (χ4v) is 2.51. The van der Waals surface area contributed by atoms with Gasteiger partial charge in [-0.2, -0.15) is 0 Å². The van der Waals surface area contributed by atoms with Crippen molar-refractivity contribution in [3.05, 3.63) is 52.3 Å². The van der Waals surface area contributed by atoms with Crippen molar-refractivity contribution in [2.45, 2.75) is 19.8 Å². The average molecular weight is 398 g/mol. The molecule has 0 aliphatic heterocycles. The molecule has 8 heteroatoms. The molecular formula is C18H18Cl2FN3O2. The second kappa shape index (κ2) is 9.40. The summed E-state index contributed by atoms with van der Waals surface area (Å²) in [5, 5.41) is 8.60. The summed E-state index contributed by atoms with van der Waals surface area (Å²) in [7, 11) is 0. The third kappa shape index (κ3) is 5.89. The van der Waals surface area contributed by atoms with Crippen LogP contribution < -0.4 is 16.0 Å². The fourth-order valence-electron chi connectivity index (χ4n) is 2.14. The molecule has 0 heterocycles. The van der Waals surface area contributed by atoms with E-state index in [1.807, 2.05) is 6.92 Å². The Morgan fingerprint density at radius 2 is 1.62 bits per heavy atom. The van der Waals surface area contributed by atoms with Gasteiger partial charge in [0.05, 0.1) is 22.3 Å². The van der Waals surface area contributed by atoms with E-state index < -0.39 is 5.82 Å². The molecule has 0 saturated carbocycles. The molecule has 0 saturated heterocycles. The topological polar surface area (TPSA) is 70.2 Å². The number of hydrogen-bond donors (Lipinski definition) is 3. The van der Waals surface area contributed by atoms with Gasteiger partial charge in [-0.1, -0.05) is 30.1 Å². The number of carbonyl (C=O) groups is 2. The van der Waals surface area contributed by atoms with Crippen LogP contribution in [0.25, 0.3) is 0 Å². The maximum Gasteiger partial charge on any atom is 0.243 e. The molecule has 0 unspecified atom stereocenters. The highest BCUT2D eigenvalue weighted by atomic mass is 35.5. The van der Waals surface area contributed by atoms with Crippen LogP contribution in [0.15, 0.2) is 36.4 Å². The Hall–Kier alpha value is -2.31. The monoisotopic (exact) mass is 397 g/mol. The molecule has 0 aromatic heterocycles. The Morgan fingerprint density at radius 3 is 2.31 bits per heavy atom. The number of benzene rings is 2. The Bertz CT molecular complexity index is 815. The first-order valence-corrected chi connectivity index (χ1v) is 8.72. The van der Waals surface area contributed by atoms with Crippen molar-refractivity contribution in [2.75, 3.05) is 22.5 Å². The van der Waals surface area contributed by atoms with E-state index in [0.717, 1.165) is 6.42 Å². The summed E-state index contributed by atoms with van der Waals surface area (Å²) in [4.78, 5) is 23.7. The van der Waals surface area contributed by atoms with Gasteiger partial charge in [-0.05, 0) is 42.8 Å². The lowest BCUT2D eigenvalue weighted by Gasteiger charge is -2.12. The largest absolute Gasteiger partial charge is 0.375 e. The quantitative estimate of drug-likeness (QED) is 0.620. The standard InChI is InChI=1S/C18H18Cl2FN3O2/c1-2-3-17(25)23-12-4-6-13(19)16(9-12)22-10-18(26)24-11-5-7-15(21)14(20)8-11/h4-9,22H,2-3,10H2,1H3,(H,23,25)(H,24,26). The Morgan fingerprint density at radius 1 is 0.962 bits per heavy atom. The van der Waals surface area contributed by atoms with Gasteiger partial charge in [0.1, 0.15) is 5.82 Å². The maximum absolute atomic E-state index is 13.1. The van der Waals surface area contributed by atoms with E-state index in [4.69, 9.17) is 23.2 Å². The lowest BCUT2D eigenvalue weighted by molar-refractivity contribution is -0.116. The summed E-state index contributed by atoms with van der Waals surface area (Å²) in [5.41, 5.74) is 1.48. The highest BCUT2D eigenvalue weighted by molar-refractivity contribution is 6.33. The van der Waals surface area contributed by atoms with Crippen LogP contribution in [0.1, 0.15) is 19.8 Å². The zero-order chi connectivity index (χ0) is 19.1. The van der Waals surface area contributed by atoms with Gasteiger partial charge in [0.25, 0.3) is 0 Å². The van der Waals surface area contributed by atoms with Gasteiger partial charge in [0.15, 0.2) is 0 Å². The Kier molecular flexibility index (Phi) is 7.24. The van der Waals surface area contributed by atoms with E-state index in [1.54, 1.807) is 18.2 Å². The molecule has 0 bridgehead atoms. The van der Waals surface area contributed by atoms with Crippen LogP contribution >= 0.6 is 23.2 Å². The molecule has 2 amide bonds. The Labute approximate surface area is 160 Å². The molecule has 26 heavy (non-hydrogen) atoms. The minimum Gasteiger partial charge on any atom is -0.375 e. The number of nitrogens with one attached hydrogen (secondary N) is 3. The zero-order valence-corrected chi connectivity index (χ0v) is 15.5. The van der Waals surface area contributed by atoms with Crippen LogP contribution in [-0.2, 0) is 9.59 Å². The number of anilines is 3. The third-order valence-corrected chi connectivity index (χ3v) is 3.99. The summed E-state index contributed by atoms with van der Waals surface area (Å²) in [6.45, 7) is 1.85. The number of rotatable bonds is 7. The van der Waals surface area contributed by atoms with Crippen molar-refractivity contribution in [3.8, 4) is 0 Å². The smallest absolute Gasteiger partial charge is 0.243 e. The number of amides is 2. The normalized spacial score (nSPS) is 10.3. The molecular weight excluding hydrogens is 380 g/mol. The van der Waals surface area contributed by atoms with E-state index in [0.29, 0.717) is 28.5 Å². The summed E-state index contributed by atoms with van der Waals surface area (Å²) in [5.74, 6) is -1.01. The minimum atomic E-state index is -0.559. The van der Waals surface area contributed by atoms with Crippen LogP contribution in [0.4, 0.5) is 21.5 Å². The predicted molar refractivity (Wildman–Crippen MR) is 104 cm³/mol. The first-order valence-electron chi connectivity index (χ1n) is 7.97. The number of carbonyl (C=O) groups excluding carboxylic acids is 2. The zero-order valence-electron chi connectivity index (χ0n) is 14.0. The van der Waals surface area contributed by atoms with Gasteiger partial charge in [-0.25, -0.2) is 4.39 Å². The summed E-state index contributed by atoms with van der Waals surface area (Å²) >= 11 is 11.8. The first kappa shape index (κ1) is 20.0. The van der Waals surface area contributed by atoms with Gasteiger partial charge in [0.2, 0.25) is 11.8 Å². The van der Waals surface area contributed by atoms with Crippen molar-refractivity contribution in [1.29, 1.82) is 0 Å². The maximum atomic E-state index is 13.1. The second-order valence-corrected chi connectivity index (χ2v) is 6.34. The van der Waals surface area contributed by atoms with E-state index in [9.17, 15) is 14.0 Å². The molecule has 5 nitrogen and oxygen atoms in total. The van der Waals surface area contributed by atoms with Crippen LogP contribution in [0.5, 0.6) is 0 Å². The summed E-state index contributed by atoms with van der Waals surface area (Å²) in [6, 6.07) is 8.87. The molecule has 0 aliphatic rings. The summed E-state index contributed by atoms with van der Waals surface area (Å²) in [6.07, 6.45) is 1.17. The highest BCUT2D eigenvalue weighted by Crippen LogP contribution is 2.25. The Balaban J connectivity index is 1.96. The van der Waals surface area contributed by atoms with Crippen LogP contribution in [0, 0.1) is 5.82 Å². The van der Waals surface area contributed by atoms with Crippen molar-refractivity contribution in [1.82, 2.24) is 0 Å². The second-order valence-electron chi connectivity index (χ2n) is 5.52.